The topological polar surface area (TPSA) is 49.6 Å². The van der Waals surface area contributed by atoms with Gasteiger partial charge in [-0.2, -0.15) is 0 Å². The third-order valence-electron chi connectivity index (χ3n) is 4.59. The summed E-state index contributed by atoms with van der Waals surface area (Å²) >= 11 is 5.99. The molecule has 132 valence electrons. The number of nitrogens with zero attached hydrogens (tertiary/aromatic N) is 3. The van der Waals surface area contributed by atoms with Gasteiger partial charge in [-0.3, -0.25) is 4.79 Å². The number of carbonyl (C=O) groups excluding carboxylic acids is 1. The molecule has 1 saturated heterocycles. The molecule has 6 heteroatoms. The predicted molar refractivity (Wildman–Crippen MR) is 102 cm³/mol. The van der Waals surface area contributed by atoms with E-state index in [1.165, 1.54) is 0 Å². The molecule has 2 aromatic carbocycles. The van der Waals surface area contributed by atoms with Crippen LogP contribution in [0.1, 0.15) is 10.4 Å². The molecule has 0 spiro atoms. The lowest BCUT2D eigenvalue weighted by molar-refractivity contribution is 0.0747. The number of halogens is 1. The molecule has 0 unspecified atom stereocenters. The standard InChI is InChI=1S/C20H18ClN3O2/c21-17-3-1-2-16(14-17)20(25)24-12-10-23(11-13-24)18-6-4-15(5-7-18)19-8-9-22-26-19/h1-9,14H,10-13H2. The number of amides is 1. The number of anilines is 1. The largest absolute Gasteiger partial charge is 0.368 e. The van der Waals surface area contributed by atoms with Gasteiger partial charge < -0.3 is 14.3 Å². The van der Waals surface area contributed by atoms with Gasteiger partial charge in [0.15, 0.2) is 5.76 Å². The zero-order valence-corrected chi connectivity index (χ0v) is 14.9. The maximum Gasteiger partial charge on any atom is 0.254 e. The van der Waals surface area contributed by atoms with E-state index >= 15 is 0 Å². The molecule has 1 fully saturated rings. The minimum absolute atomic E-state index is 0.0350. The molecule has 1 aliphatic rings. The van der Waals surface area contributed by atoms with Gasteiger partial charge in [-0.1, -0.05) is 22.8 Å². The highest BCUT2D eigenvalue weighted by Crippen LogP contribution is 2.24. The average Bonchev–Trinajstić information content (AvgIpc) is 3.23. The molecule has 1 aromatic heterocycles. The van der Waals surface area contributed by atoms with Crippen LogP contribution in [0.2, 0.25) is 5.02 Å². The van der Waals surface area contributed by atoms with Crippen LogP contribution in [-0.4, -0.2) is 42.1 Å². The maximum absolute atomic E-state index is 12.6. The molecule has 1 amide bonds. The van der Waals surface area contributed by atoms with Crippen LogP contribution in [-0.2, 0) is 0 Å². The van der Waals surface area contributed by atoms with E-state index in [1.807, 2.05) is 35.2 Å². The van der Waals surface area contributed by atoms with Crippen molar-refractivity contribution in [2.24, 2.45) is 0 Å². The van der Waals surface area contributed by atoms with Crippen molar-refractivity contribution in [1.82, 2.24) is 10.1 Å². The van der Waals surface area contributed by atoms with E-state index in [2.05, 4.69) is 22.2 Å². The van der Waals surface area contributed by atoms with E-state index < -0.39 is 0 Å². The van der Waals surface area contributed by atoms with Crippen molar-refractivity contribution < 1.29 is 9.32 Å². The molecule has 0 atom stereocenters. The van der Waals surface area contributed by atoms with Crippen LogP contribution in [0.5, 0.6) is 0 Å². The lowest BCUT2D eigenvalue weighted by Gasteiger charge is -2.36. The number of aromatic nitrogens is 1. The van der Waals surface area contributed by atoms with Crippen molar-refractivity contribution in [2.45, 2.75) is 0 Å². The molecule has 0 bridgehead atoms. The Balaban J connectivity index is 1.39. The number of hydrogen-bond acceptors (Lipinski definition) is 4. The summed E-state index contributed by atoms with van der Waals surface area (Å²) in [5.41, 5.74) is 2.78. The zero-order chi connectivity index (χ0) is 17.9. The molecule has 26 heavy (non-hydrogen) atoms. The van der Waals surface area contributed by atoms with E-state index in [4.69, 9.17) is 16.1 Å². The van der Waals surface area contributed by atoms with Crippen molar-refractivity contribution in [2.75, 3.05) is 31.1 Å². The van der Waals surface area contributed by atoms with E-state index in [1.54, 1.807) is 18.3 Å². The molecule has 3 aromatic rings. The zero-order valence-electron chi connectivity index (χ0n) is 14.1. The van der Waals surface area contributed by atoms with Gasteiger partial charge >= 0.3 is 0 Å². The van der Waals surface area contributed by atoms with Gasteiger partial charge in [0.2, 0.25) is 0 Å². The van der Waals surface area contributed by atoms with Crippen LogP contribution in [0.25, 0.3) is 11.3 Å². The summed E-state index contributed by atoms with van der Waals surface area (Å²) in [6.45, 7) is 2.98. The smallest absolute Gasteiger partial charge is 0.254 e. The van der Waals surface area contributed by atoms with Gasteiger partial charge in [0.05, 0.1) is 6.20 Å². The van der Waals surface area contributed by atoms with E-state index in [9.17, 15) is 4.79 Å². The van der Waals surface area contributed by atoms with Crippen molar-refractivity contribution in [1.29, 1.82) is 0 Å². The number of rotatable bonds is 3. The average molecular weight is 368 g/mol. The Morgan fingerprint density at radius 2 is 1.77 bits per heavy atom. The van der Waals surface area contributed by atoms with Gasteiger partial charge in [0, 0.05) is 54.1 Å². The van der Waals surface area contributed by atoms with Crippen molar-refractivity contribution >= 4 is 23.2 Å². The fourth-order valence-corrected chi connectivity index (χ4v) is 3.36. The molecule has 1 aliphatic heterocycles. The summed E-state index contributed by atoms with van der Waals surface area (Å²) in [5, 5.41) is 4.32. The van der Waals surface area contributed by atoms with Crippen LogP contribution < -0.4 is 4.90 Å². The molecule has 5 nitrogen and oxygen atoms in total. The first kappa shape index (κ1) is 16.7. The molecular weight excluding hydrogens is 350 g/mol. The van der Waals surface area contributed by atoms with Crippen molar-refractivity contribution in [3.63, 3.8) is 0 Å². The predicted octanol–water partition coefficient (Wildman–Crippen LogP) is 3.96. The first-order valence-corrected chi connectivity index (χ1v) is 8.89. The highest BCUT2D eigenvalue weighted by Gasteiger charge is 2.22. The van der Waals surface area contributed by atoms with Crippen LogP contribution in [0.15, 0.2) is 65.3 Å². The number of piperazine rings is 1. The summed E-state index contributed by atoms with van der Waals surface area (Å²) < 4.78 is 5.18. The molecule has 0 aliphatic carbocycles. The number of carbonyl (C=O) groups is 1. The maximum atomic E-state index is 12.6. The summed E-state index contributed by atoms with van der Waals surface area (Å²) in [5.74, 6) is 0.793. The third kappa shape index (κ3) is 3.44. The van der Waals surface area contributed by atoms with Crippen LogP contribution in [0.3, 0.4) is 0 Å². The Hall–Kier alpha value is -2.79. The molecule has 4 rings (SSSR count). The second-order valence-corrected chi connectivity index (χ2v) is 6.65. The first-order valence-electron chi connectivity index (χ1n) is 8.51. The summed E-state index contributed by atoms with van der Waals surface area (Å²) in [6.07, 6.45) is 1.64. The fraction of sp³-hybridized carbons (Fsp3) is 0.200. The van der Waals surface area contributed by atoms with Gasteiger partial charge in [-0.15, -0.1) is 0 Å². The first-order chi connectivity index (χ1) is 12.7. The van der Waals surface area contributed by atoms with Crippen LogP contribution >= 0.6 is 11.6 Å². The Morgan fingerprint density at radius 3 is 2.42 bits per heavy atom. The minimum Gasteiger partial charge on any atom is -0.368 e. The van der Waals surface area contributed by atoms with Crippen molar-refractivity contribution in [3.05, 3.63) is 71.4 Å². The number of hydrogen-bond donors (Lipinski definition) is 0. The van der Waals surface area contributed by atoms with Gasteiger partial charge in [0.25, 0.3) is 5.91 Å². The highest BCUT2D eigenvalue weighted by atomic mass is 35.5. The van der Waals surface area contributed by atoms with Crippen LogP contribution in [0, 0.1) is 0 Å². The summed E-state index contributed by atoms with van der Waals surface area (Å²) in [6, 6.07) is 17.2. The second-order valence-electron chi connectivity index (χ2n) is 6.21. The Bertz CT molecular complexity index is 886. The lowest BCUT2D eigenvalue weighted by Crippen LogP contribution is -2.48. The minimum atomic E-state index is 0.0350. The summed E-state index contributed by atoms with van der Waals surface area (Å²) in [7, 11) is 0. The lowest BCUT2D eigenvalue weighted by atomic mass is 10.1. The van der Waals surface area contributed by atoms with Gasteiger partial charge in [-0.25, -0.2) is 0 Å². The molecule has 0 saturated carbocycles. The SMILES string of the molecule is O=C(c1cccc(Cl)c1)N1CCN(c2ccc(-c3ccno3)cc2)CC1. The molecule has 2 heterocycles. The van der Waals surface area contributed by atoms with E-state index in [0.29, 0.717) is 23.7 Å². The van der Waals surface area contributed by atoms with Crippen LogP contribution in [0.4, 0.5) is 5.69 Å². The highest BCUT2D eigenvalue weighted by molar-refractivity contribution is 6.30. The van der Waals surface area contributed by atoms with Gasteiger partial charge in [0.1, 0.15) is 0 Å². The Kier molecular flexibility index (Phi) is 4.63. The molecular formula is C20H18ClN3O2. The van der Waals surface area contributed by atoms with E-state index in [-0.39, 0.29) is 5.91 Å². The monoisotopic (exact) mass is 367 g/mol. The number of benzene rings is 2. The Morgan fingerprint density at radius 1 is 1.00 bits per heavy atom. The Labute approximate surface area is 156 Å². The molecule has 0 radical (unpaired) electrons. The normalized spacial score (nSPS) is 14.5. The third-order valence-corrected chi connectivity index (χ3v) is 4.83. The van der Waals surface area contributed by atoms with Gasteiger partial charge in [-0.05, 0) is 42.5 Å². The quantitative estimate of drug-likeness (QED) is 0.703. The second kappa shape index (κ2) is 7.22. The fourth-order valence-electron chi connectivity index (χ4n) is 3.17. The van der Waals surface area contributed by atoms with E-state index in [0.717, 1.165) is 30.1 Å². The van der Waals surface area contributed by atoms with Crippen molar-refractivity contribution in [3.8, 4) is 11.3 Å². The molecule has 0 N–H and O–H groups in total. The summed E-state index contributed by atoms with van der Waals surface area (Å²) in [4.78, 5) is 16.8.